The lowest BCUT2D eigenvalue weighted by Crippen LogP contribution is -2.25. The molecule has 0 radical (unpaired) electrons. The van der Waals surface area contributed by atoms with E-state index >= 15 is 0 Å². The van der Waals surface area contributed by atoms with Crippen molar-refractivity contribution in [2.45, 2.75) is 33.2 Å². The minimum absolute atomic E-state index is 0.113. The number of nitrogens with one attached hydrogen (secondary N) is 1. The van der Waals surface area contributed by atoms with Gasteiger partial charge in [-0.15, -0.1) is 10.2 Å². The van der Waals surface area contributed by atoms with E-state index in [1.807, 2.05) is 42.1 Å². The average molecular weight is 370 g/mol. The predicted molar refractivity (Wildman–Crippen MR) is 103 cm³/mol. The lowest BCUT2D eigenvalue weighted by Gasteiger charge is -2.06. The van der Waals surface area contributed by atoms with E-state index in [0.29, 0.717) is 29.7 Å². The van der Waals surface area contributed by atoms with Crippen LogP contribution in [0, 0.1) is 6.92 Å². The summed E-state index contributed by atoms with van der Waals surface area (Å²) in [5.41, 5.74) is 9.15. The number of carbonyl (C=O) groups excluding carboxylic acids is 1. The molecule has 0 saturated heterocycles. The van der Waals surface area contributed by atoms with Gasteiger partial charge in [0.2, 0.25) is 5.13 Å². The molecule has 0 saturated carbocycles. The van der Waals surface area contributed by atoms with Crippen molar-refractivity contribution in [3.63, 3.8) is 0 Å². The number of carbonyl (C=O) groups is 1. The van der Waals surface area contributed by atoms with Gasteiger partial charge in [0.05, 0.1) is 5.69 Å². The quantitative estimate of drug-likeness (QED) is 0.695. The van der Waals surface area contributed by atoms with Crippen LogP contribution in [-0.2, 0) is 6.42 Å². The summed E-state index contributed by atoms with van der Waals surface area (Å²) in [5.74, 6) is -0.113. The van der Waals surface area contributed by atoms with E-state index in [1.165, 1.54) is 11.3 Å². The molecule has 2 aromatic heterocycles. The fraction of sp³-hybridized carbons (Fsp3) is 0.333. The summed E-state index contributed by atoms with van der Waals surface area (Å²) in [7, 11) is 0. The van der Waals surface area contributed by atoms with Gasteiger partial charge in [0, 0.05) is 36.3 Å². The Balaban J connectivity index is 1.69. The van der Waals surface area contributed by atoms with Crippen molar-refractivity contribution in [2.24, 2.45) is 0 Å². The first-order valence-electron chi connectivity index (χ1n) is 8.46. The predicted octanol–water partition coefficient (Wildman–Crippen LogP) is 2.85. The lowest BCUT2D eigenvalue weighted by molar-refractivity contribution is 0.0954. The molecule has 0 atom stereocenters. The van der Waals surface area contributed by atoms with Crippen LogP contribution in [-0.4, -0.2) is 32.4 Å². The van der Waals surface area contributed by atoms with Gasteiger partial charge in [0.25, 0.3) is 5.91 Å². The molecule has 0 spiro atoms. The number of amides is 1. The highest BCUT2D eigenvalue weighted by atomic mass is 32.1. The van der Waals surface area contributed by atoms with Crippen molar-refractivity contribution in [3.05, 3.63) is 46.7 Å². The van der Waals surface area contributed by atoms with Crippen LogP contribution in [0.2, 0.25) is 0 Å². The van der Waals surface area contributed by atoms with Crippen LogP contribution in [0.5, 0.6) is 0 Å². The third kappa shape index (κ3) is 4.08. The smallest absolute Gasteiger partial charge is 0.251 e. The molecule has 3 aromatic rings. The normalized spacial score (nSPS) is 11.1. The molecule has 0 fully saturated rings. The minimum Gasteiger partial charge on any atom is -0.374 e. The molecule has 0 aliphatic heterocycles. The van der Waals surface area contributed by atoms with E-state index in [2.05, 4.69) is 34.5 Å². The summed E-state index contributed by atoms with van der Waals surface area (Å²) < 4.78 is 1.94. The number of hydrogen-bond donors (Lipinski definition) is 2. The first kappa shape index (κ1) is 18.1. The van der Waals surface area contributed by atoms with Crippen molar-refractivity contribution in [1.82, 2.24) is 25.3 Å². The Morgan fingerprint density at radius 3 is 2.81 bits per heavy atom. The molecule has 3 N–H and O–H groups in total. The highest BCUT2D eigenvalue weighted by Crippen LogP contribution is 2.24. The van der Waals surface area contributed by atoms with Crippen molar-refractivity contribution < 1.29 is 4.79 Å². The largest absolute Gasteiger partial charge is 0.374 e. The van der Waals surface area contributed by atoms with E-state index in [0.717, 1.165) is 21.8 Å². The standard InChI is InChI=1S/C18H22N6OS/c1-11(2)24-10-15(12(3)23-24)13-5-4-6-14(9-13)17(25)20-8-7-16-21-22-18(19)26-16/h4-6,9-11H,7-8H2,1-3H3,(H2,19,22)(H,20,25). The number of aromatic nitrogens is 4. The molecule has 1 aromatic carbocycles. The van der Waals surface area contributed by atoms with Gasteiger partial charge in [-0.25, -0.2) is 0 Å². The Kier molecular flexibility index (Phi) is 5.32. The van der Waals surface area contributed by atoms with Crippen LogP contribution < -0.4 is 11.1 Å². The second-order valence-corrected chi connectivity index (χ2v) is 7.42. The zero-order valence-corrected chi connectivity index (χ0v) is 15.9. The molecular weight excluding hydrogens is 348 g/mol. The summed E-state index contributed by atoms with van der Waals surface area (Å²) in [4.78, 5) is 12.4. The number of nitrogen functional groups attached to an aromatic ring is 1. The third-order valence-corrected chi connectivity index (χ3v) is 4.80. The number of aryl methyl sites for hydroxylation is 1. The molecule has 2 heterocycles. The summed E-state index contributed by atoms with van der Waals surface area (Å²) in [6.07, 6.45) is 2.64. The van der Waals surface area contributed by atoms with Crippen LogP contribution in [0.1, 0.15) is 40.9 Å². The summed E-state index contributed by atoms with van der Waals surface area (Å²) in [6.45, 7) is 6.65. The maximum absolute atomic E-state index is 12.4. The second-order valence-electron chi connectivity index (χ2n) is 6.32. The minimum atomic E-state index is -0.113. The molecule has 7 nitrogen and oxygen atoms in total. The SMILES string of the molecule is Cc1nn(C(C)C)cc1-c1cccc(C(=O)NCCc2nnc(N)s2)c1. The van der Waals surface area contributed by atoms with Crippen LogP contribution in [0.4, 0.5) is 5.13 Å². The van der Waals surface area contributed by atoms with Crippen molar-refractivity contribution in [1.29, 1.82) is 0 Å². The first-order valence-corrected chi connectivity index (χ1v) is 9.28. The van der Waals surface area contributed by atoms with Crippen molar-refractivity contribution >= 4 is 22.4 Å². The van der Waals surface area contributed by atoms with Gasteiger partial charge in [-0.2, -0.15) is 5.10 Å². The van der Waals surface area contributed by atoms with Crippen LogP contribution in [0.15, 0.2) is 30.5 Å². The van der Waals surface area contributed by atoms with E-state index < -0.39 is 0 Å². The van der Waals surface area contributed by atoms with Gasteiger partial charge in [-0.3, -0.25) is 9.48 Å². The molecule has 0 aliphatic carbocycles. The number of nitrogens with zero attached hydrogens (tertiary/aromatic N) is 4. The van der Waals surface area contributed by atoms with Crippen molar-refractivity contribution in [3.8, 4) is 11.1 Å². The Hall–Kier alpha value is -2.74. The van der Waals surface area contributed by atoms with Crippen LogP contribution in [0.25, 0.3) is 11.1 Å². The zero-order valence-electron chi connectivity index (χ0n) is 15.1. The van der Waals surface area contributed by atoms with Gasteiger partial charge in [-0.1, -0.05) is 23.5 Å². The van der Waals surface area contributed by atoms with E-state index in [4.69, 9.17) is 5.73 Å². The maximum Gasteiger partial charge on any atom is 0.251 e. The Morgan fingerprint density at radius 2 is 2.15 bits per heavy atom. The van der Waals surface area contributed by atoms with E-state index in [-0.39, 0.29) is 5.91 Å². The Bertz CT molecular complexity index is 914. The van der Waals surface area contributed by atoms with Crippen LogP contribution >= 0.6 is 11.3 Å². The van der Waals surface area contributed by atoms with Crippen molar-refractivity contribution in [2.75, 3.05) is 12.3 Å². The first-order chi connectivity index (χ1) is 12.4. The summed E-state index contributed by atoms with van der Waals surface area (Å²) in [6, 6.07) is 7.89. The molecule has 26 heavy (non-hydrogen) atoms. The summed E-state index contributed by atoms with van der Waals surface area (Å²) in [5, 5.41) is 16.4. The maximum atomic E-state index is 12.4. The number of nitrogens with two attached hydrogens (primary N) is 1. The molecular formula is C18H22N6OS. The second kappa shape index (κ2) is 7.65. The molecule has 136 valence electrons. The monoisotopic (exact) mass is 370 g/mol. The average Bonchev–Trinajstić information content (AvgIpc) is 3.20. The Labute approximate surface area is 156 Å². The van der Waals surface area contributed by atoms with Gasteiger partial charge in [0.1, 0.15) is 5.01 Å². The Morgan fingerprint density at radius 1 is 1.35 bits per heavy atom. The molecule has 0 bridgehead atoms. The van der Waals surface area contributed by atoms with Gasteiger partial charge >= 0.3 is 0 Å². The summed E-state index contributed by atoms with van der Waals surface area (Å²) >= 11 is 1.34. The van der Waals surface area contributed by atoms with E-state index in [1.54, 1.807) is 0 Å². The molecule has 1 amide bonds. The number of anilines is 1. The zero-order chi connectivity index (χ0) is 18.7. The topological polar surface area (TPSA) is 98.7 Å². The third-order valence-electron chi connectivity index (χ3n) is 3.99. The van der Waals surface area contributed by atoms with E-state index in [9.17, 15) is 4.79 Å². The van der Waals surface area contributed by atoms with Crippen LogP contribution in [0.3, 0.4) is 0 Å². The number of hydrogen-bond acceptors (Lipinski definition) is 6. The molecule has 0 aliphatic rings. The number of rotatable bonds is 6. The molecule has 3 rings (SSSR count). The molecule has 8 heteroatoms. The number of benzene rings is 1. The van der Waals surface area contributed by atoms with Gasteiger partial charge in [0.15, 0.2) is 0 Å². The highest BCUT2D eigenvalue weighted by molar-refractivity contribution is 7.15. The molecule has 0 unspecified atom stereocenters. The van der Waals surface area contributed by atoms with Gasteiger partial charge in [-0.05, 0) is 38.5 Å². The lowest BCUT2D eigenvalue weighted by atomic mass is 10.0. The van der Waals surface area contributed by atoms with Gasteiger partial charge < -0.3 is 11.1 Å². The fourth-order valence-corrected chi connectivity index (χ4v) is 3.22. The highest BCUT2D eigenvalue weighted by Gasteiger charge is 2.12. The fourth-order valence-electron chi connectivity index (χ4n) is 2.61.